The van der Waals surface area contributed by atoms with Gasteiger partial charge in [0.25, 0.3) is 0 Å². The van der Waals surface area contributed by atoms with Crippen molar-refractivity contribution >= 4 is 10.0 Å². The lowest BCUT2D eigenvalue weighted by Gasteiger charge is -2.33. The molecule has 2 rings (SSSR count). The highest BCUT2D eigenvalue weighted by Crippen LogP contribution is 2.27. The van der Waals surface area contributed by atoms with Crippen LogP contribution in [-0.4, -0.2) is 31.9 Å². The van der Waals surface area contributed by atoms with Gasteiger partial charge >= 0.3 is 0 Å². The second kappa shape index (κ2) is 5.75. The molecule has 0 aliphatic carbocycles. The lowest BCUT2D eigenvalue weighted by molar-refractivity contribution is 0.249. The molecule has 0 aromatic heterocycles. The van der Waals surface area contributed by atoms with Crippen molar-refractivity contribution in [3.63, 3.8) is 0 Å². The standard InChI is InChI=1S/C13H18F2N2O2S/c1-9(16)10-5-7-17(8-6-10)20(18,19)13-11(14)3-2-4-12(13)15/h2-4,9-10H,5-8,16H2,1H3. The molecule has 1 aromatic rings. The van der Waals surface area contributed by atoms with E-state index < -0.39 is 26.6 Å². The van der Waals surface area contributed by atoms with Gasteiger partial charge in [-0.2, -0.15) is 4.31 Å². The summed E-state index contributed by atoms with van der Waals surface area (Å²) in [5.41, 5.74) is 5.79. The maximum atomic E-state index is 13.6. The van der Waals surface area contributed by atoms with E-state index in [9.17, 15) is 17.2 Å². The molecule has 7 heteroatoms. The summed E-state index contributed by atoms with van der Waals surface area (Å²) in [4.78, 5) is -0.862. The zero-order valence-electron chi connectivity index (χ0n) is 11.2. The highest BCUT2D eigenvalue weighted by Gasteiger charge is 2.34. The molecule has 0 spiro atoms. The van der Waals surface area contributed by atoms with Gasteiger partial charge in [0, 0.05) is 19.1 Å². The molecule has 112 valence electrons. The van der Waals surface area contributed by atoms with Gasteiger partial charge in [-0.05, 0) is 37.8 Å². The first-order valence-electron chi connectivity index (χ1n) is 6.53. The molecular formula is C13H18F2N2O2S. The third kappa shape index (κ3) is 2.84. The summed E-state index contributed by atoms with van der Waals surface area (Å²) in [6.07, 6.45) is 1.21. The first-order chi connectivity index (χ1) is 9.34. The predicted octanol–water partition coefficient (Wildman–Crippen LogP) is 1.71. The molecule has 0 saturated carbocycles. The van der Waals surface area contributed by atoms with Crippen LogP contribution in [0.15, 0.2) is 23.1 Å². The fraction of sp³-hybridized carbons (Fsp3) is 0.538. The molecule has 1 fully saturated rings. The summed E-state index contributed by atoms with van der Waals surface area (Å²) in [7, 11) is -4.13. The Morgan fingerprint density at radius 1 is 1.25 bits per heavy atom. The van der Waals surface area contributed by atoms with Gasteiger partial charge in [0.2, 0.25) is 10.0 Å². The normalized spacial score (nSPS) is 20.0. The minimum absolute atomic E-state index is 0.00921. The number of sulfonamides is 1. The quantitative estimate of drug-likeness (QED) is 0.924. The van der Waals surface area contributed by atoms with Gasteiger partial charge in [-0.25, -0.2) is 17.2 Å². The van der Waals surface area contributed by atoms with E-state index >= 15 is 0 Å². The van der Waals surface area contributed by atoms with Crippen LogP contribution in [0.3, 0.4) is 0 Å². The highest BCUT2D eigenvalue weighted by atomic mass is 32.2. The van der Waals surface area contributed by atoms with Crippen LogP contribution < -0.4 is 5.73 Å². The van der Waals surface area contributed by atoms with Crippen LogP contribution in [0.2, 0.25) is 0 Å². The van der Waals surface area contributed by atoms with Crippen LogP contribution in [0.4, 0.5) is 8.78 Å². The van der Waals surface area contributed by atoms with Crippen molar-refractivity contribution in [2.24, 2.45) is 11.7 Å². The summed E-state index contributed by atoms with van der Waals surface area (Å²) in [5, 5.41) is 0. The Labute approximate surface area is 117 Å². The van der Waals surface area contributed by atoms with E-state index in [4.69, 9.17) is 5.73 Å². The minimum Gasteiger partial charge on any atom is -0.328 e. The van der Waals surface area contributed by atoms with E-state index in [1.165, 1.54) is 0 Å². The summed E-state index contributed by atoms with van der Waals surface area (Å²) in [5.74, 6) is -1.87. The van der Waals surface area contributed by atoms with Crippen molar-refractivity contribution in [3.8, 4) is 0 Å². The van der Waals surface area contributed by atoms with Crippen LogP contribution in [0, 0.1) is 17.6 Å². The predicted molar refractivity (Wildman–Crippen MR) is 71.5 cm³/mol. The number of benzene rings is 1. The number of rotatable bonds is 3. The van der Waals surface area contributed by atoms with Gasteiger partial charge in [0.15, 0.2) is 4.90 Å². The average molecular weight is 304 g/mol. The summed E-state index contributed by atoms with van der Waals surface area (Å²) < 4.78 is 53.1. The fourth-order valence-electron chi connectivity index (χ4n) is 2.50. The molecule has 2 N–H and O–H groups in total. The van der Waals surface area contributed by atoms with Crippen LogP contribution in [-0.2, 0) is 10.0 Å². The van der Waals surface area contributed by atoms with E-state index in [2.05, 4.69) is 0 Å². The van der Waals surface area contributed by atoms with Gasteiger partial charge in [0.1, 0.15) is 11.6 Å². The highest BCUT2D eigenvalue weighted by molar-refractivity contribution is 7.89. The summed E-state index contributed by atoms with van der Waals surface area (Å²) >= 11 is 0. The van der Waals surface area contributed by atoms with Gasteiger partial charge < -0.3 is 5.73 Å². The SMILES string of the molecule is CC(N)C1CCN(S(=O)(=O)c2c(F)cccc2F)CC1. The van der Waals surface area contributed by atoms with Crippen molar-refractivity contribution in [1.29, 1.82) is 0 Å². The Kier molecular flexibility index (Phi) is 4.41. The largest absolute Gasteiger partial charge is 0.328 e. The van der Waals surface area contributed by atoms with E-state index in [0.717, 1.165) is 22.5 Å². The number of nitrogens with zero attached hydrogens (tertiary/aromatic N) is 1. The van der Waals surface area contributed by atoms with Crippen LogP contribution in [0.5, 0.6) is 0 Å². The Balaban J connectivity index is 2.25. The average Bonchev–Trinajstić information content (AvgIpc) is 2.38. The zero-order valence-corrected chi connectivity index (χ0v) is 12.0. The van der Waals surface area contributed by atoms with Gasteiger partial charge in [0.05, 0.1) is 0 Å². The van der Waals surface area contributed by atoms with Crippen molar-refractivity contribution in [3.05, 3.63) is 29.8 Å². The second-order valence-electron chi connectivity index (χ2n) is 5.15. The van der Waals surface area contributed by atoms with Gasteiger partial charge in [-0.15, -0.1) is 0 Å². The van der Waals surface area contributed by atoms with Crippen molar-refractivity contribution in [2.45, 2.75) is 30.7 Å². The Bertz CT molecular complexity index is 562. The lowest BCUT2D eigenvalue weighted by atomic mass is 9.92. The number of hydrogen-bond acceptors (Lipinski definition) is 3. The molecular weight excluding hydrogens is 286 g/mol. The van der Waals surface area contributed by atoms with Crippen molar-refractivity contribution in [2.75, 3.05) is 13.1 Å². The van der Waals surface area contributed by atoms with Crippen molar-refractivity contribution in [1.82, 2.24) is 4.31 Å². The van der Waals surface area contributed by atoms with Crippen LogP contribution in [0.25, 0.3) is 0 Å². The maximum Gasteiger partial charge on any atom is 0.248 e. The third-order valence-corrected chi connectivity index (χ3v) is 5.71. The molecule has 4 nitrogen and oxygen atoms in total. The van der Waals surface area contributed by atoms with E-state index in [-0.39, 0.29) is 25.0 Å². The Hall–Kier alpha value is -1.05. The molecule has 1 atom stereocenters. The van der Waals surface area contributed by atoms with Gasteiger partial charge in [-0.3, -0.25) is 0 Å². The van der Waals surface area contributed by atoms with Crippen molar-refractivity contribution < 1.29 is 17.2 Å². The van der Waals surface area contributed by atoms with E-state index in [0.29, 0.717) is 12.8 Å². The molecule has 1 unspecified atom stereocenters. The van der Waals surface area contributed by atoms with Crippen LogP contribution >= 0.6 is 0 Å². The maximum absolute atomic E-state index is 13.6. The lowest BCUT2D eigenvalue weighted by Crippen LogP contribution is -2.42. The number of halogens is 2. The fourth-order valence-corrected chi connectivity index (χ4v) is 4.08. The molecule has 0 amide bonds. The topological polar surface area (TPSA) is 63.4 Å². The monoisotopic (exact) mass is 304 g/mol. The Morgan fingerprint density at radius 3 is 2.20 bits per heavy atom. The smallest absolute Gasteiger partial charge is 0.248 e. The second-order valence-corrected chi connectivity index (χ2v) is 7.03. The first kappa shape index (κ1) is 15.3. The molecule has 1 aliphatic rings. The molecule has 1 saturated heterocycles. The number of nitrogens with two attached hydrogens (primary N) is 1. The molecule has 0 bridgehead atoms. The summed E-state index contributed by atoms with van der Waals surface area (Å²) in [6.45, 7) is 2.36. The number of hydrogen-bond donors (Lipinski definition) is 1. The number of piperidine rings is 1. The zero-order chi connectivity index (χ0) is 14.9. The van der Waals surface area contributed by atoms with E-state index in [1.54, 1.807) is 0 Å². The molecule has 1 aliphatic heterocycles. The van der Waals surface area contributed by atoms with E-state index in [1.807, 2.05) is 6.92 Å². The van der Waals surface area contributed by atoms with Gasteiger partial charge in [-0.1, -0.05) is 6.07 Å². The minimum atomic E-state index is -4.13. The first-order valence-corrected chi connectivity index (χ1v) is 7.98. The summed E-state index contributed by atoms with van der Waals surface area (Å²) in [6, 6.07) is 3.03. The third-order valence-electron chi connectivity index (χ3n) is 3.76. The molecule has 0 radical (unpaired) electrons. The Morgan fingerprint density at radius 2 is 1.75 bits per heavy atom. The molecule has 1 aromatic carbocycles. The molecule has 1 heterocycles. The molecule has 20 heavy (non-hydrogen) atoms. The van der Waals surface area contributed by atoms with Crippen LogP contribution in [0.1, 0.15) is 19.8 Å².